The van der Waals surface area contributed by atoms with E-state index in [1.165, 1.54) is 6.20 Å². The van der Waals surface area contributed by atoms with Gasteiger partial charge in [0.2, 0.25) is 5.95 Å². The van der Waals surface area contributed by atoms with Gasteiger partial charge in [-0.1, -0.05) is 13.3 Å². The molecule has 1 aromatic rings. The van der Waals surface area contributed by atoms with Crippen molar-refractivity contribution in [1.82, 2.24) is 9.97 Å². The molecular weight excluding hydrogens is 259 g/mol. The molecule has 1 saturated carbocycles. The van der Waals surface area contributed by atoms with Gasteiger partial charge in [-0.15, -0.1) is 0 Å². The Labute approximate surface area is 119 Å². The van der Waals surface area contributed by atoms with Crippen molar-refractivity contribution >= 4 is 11.8 Å². The van der Waals surface area contributed by atoms with E-state index >= 15 is 0 Å². The molecule has 0 saturated heterocycles. The Hall–Kier alpha value is -1.43. The van der Waals surface area contributed by atoms with Crippen LogP contribution in [-0.4, -0.2) is 34.8 Å². The number of aliphatic hydroxyl groups excluding tert-OH is 1. The van der Waals surface area contributed by atoms with Crippen LogP contribution >= 0.6 is 0 Å². The minimum Gasteiger partial charge on any atom is -0.396 e. The number of aromatic nitrogens is 2. The van der Waals surface area contributed by atoms with Gasteiger partial charge >= 0.3 is 0 Å². The fraction of sp³-hybridized carbons (Fsp3) is 0.714. The van der Waals surface area contributed by atoms with Gasteiger partial charge in [0.1, 0.15) is 0 Å². The fourth-order valence-electron chi connectivity index (χ4n) is 2.66. The number of rotatable bonds is 7. The molecule has 1 aliphatic rings. The second-order valence-electron chi connectivity index (χ2n) is 5.33. The highest BCUT2D eigenvalue weighted by Crippen LogP contribution is 2.31. The minimum absolute atomic E-state index is 0.210. The highest BCUT2D eigenvalue weighted by atomic mass is 19.1. The van der Waals surface area contributed by atoms with E-state index < -0.39 is 5.82 Å². The predicted molar refractivity (Wildman–Crippen MR) is 77.2 cm³/mol. The summed E-state index contributed by atoms with van der Waals surface area (Å²) in [6.45, 7) is 3.67. The first-order valence-electron chi connectivity index (χ1n) is 7.35. The van der Waals surface area contributed by atoms with Crippen molar-refractivity contribution in [2.75, 3.05) is 30.3 Å². The topological polar surface area (TPSA) is 70.1 Å². The molecule has 0 radical (unpaired) electrons. The molecule has 2 unspecified atom stereocenters. The SMILES string of the molecule is CCCNc1ncc(F)c(NCC2CCCC2CO)n1. The van der Waals surface area contributed by atoms with E-state index in [-0.39, 0.29) is 12.4 Å². The van der Waals surface area contributed by atoms with Crippen molar-refractivity contribution in [3.05, 3.63) is 12.0 Å². The first-order chi connectivity index (χ1) is 9.74. The van der Waals surface area contributed by atoms with Crippen LogP contribution < -0.4 is 10.6 Å². The number of hydrogen-bond acceptors (Lipinski definition) is 5. The molecule has 5 nitrogen and oxygen atoms in total. The van der Waals surface area contributed by atoms with E-state index in [0.29, 0.717) is 24.3 Å². The highest BCUT2D eigenvalue weighted by Gasteiger charge is 2.26. The summed E-state index contributed by atoms with van der Waals surface area (Å²) < 4.78 is 13.7. The van der Waals surface area contributed by atoms with E-state index in [0.717, 1.165) is 32.2 Å². The average Bonchev–Trinajstić information content (AvgIpc) is 2.92. The maximum Gasteiger partial charge on any atom is 0.224 e. The number of hydrogen-bond donors (Lipinski definition) is 3. The number of nitrogens with one attached hydrogen (secondary N) is 2. The Morgan fingerprint density at radius 1 is 1.35 bits per heavy atom. The third-order valence-corrected chi connectivity index (χ3v) is 3.86. The van der Waals surface area contributed by atoms with Gasteiger partial charge in [-0.05, 0) is 31.1 Å². The first kappa shape index (κ1) is 15.0. The largest absolute Gasteiger partial charge is 0.396 e. The summed E-state index contributed by atoms with van der Waals surface area (Å²) in [6.07, 6.45) is 5.41. The number of aliphatic hydroxyl groups is 1. The Kier molecular flexibility index (Phi) is 5.52. The van der Waals surface area contributed by atoms with Crippen molar-refractivity contribution < 1.29 is 9.50 Å². The molecule has 112 valence electrons. The van der Waals surface area contributed by atoms with Gasteiger partial charge in [0.05, 0.1) is 6.20 Å². The normalized spacial score (nSPS) is 21.9. The second kappa shape index (κ2) is 7.38. The lowest BCUT2D eigenvalue weighted by molar-refractivity contribution is 0.199. The minimum atomic E-state index is -0.439. The Balaban J connectivity index is 1.94. The van der Waals surface area contributed by atoms with Crippen molar-refractivity contribution in [3.8, 4) is 0 Å². The van der Waals surface area contributed by atoms with Gasteiger partial charge in [0.25, 0.3) is 0 Å². The summed E-state index contributed by atoms with van der Waals surface area (Å²) in [5.41, 5.74) is 0. The van der Waals surface area contributed by atoms with Crippen molar-refractivity contribution in [1.29, 1.82) is 0 Å². The van der Waals surface area contributed by atoms with Gasteiger partial charge in [0, 0.05) is 19.7 Å². The van der Waals surface area contributed by atoms with E-state index in [9.17, 15) is 9.50 Å². The molecule has 1 aliphatic carbocycles. The van der Waals surface area contributed by atoms with E-state index in [2.05, 4.69) is 20.6 Å². The zero-order valence-electron chi connectivity index (χ0n) is 11.9. The molecule has 0 aromatic carbocycles. The lowest BCUT2D eigenvalue weighted by Crippen LogP contribution is -2.22. The van der Waals surface area contributed by atoms with Crippen LogP contribution in [0.5, 0.6) is 0 Å². The van der Waals surface area contributed by atoms with Crippen LogP contribution in [0.1, 0.15) is 32.6 Å². The quantitative estimate of drug-likeness (QED) is 0.715. The summed E-state index contributed by atoms with van der Waals surface area (Å²) in [5.74, 6) is 0.958. The molecule has 6 heteroatoms. The zero-order valence-corrected chi connectivity index (χ0v) is 11.9. The van der Waals surface area contributed by atoms with Crippen molar-refractivity contribution in [2.45, 2.75) is 32.6 Å². The molecule has 0 aliphatic heterocycles. The third kappa shape index (κ3) is 3.79. The van der Waals surface area contributed by atoms with Crippen LogP contribution in [0.25, 0.3) is 0 Å². The highest BCUT2D eigenvalue weighted by molar-refractivity contribution is 5.41. The van der Waals surface area contributed by atoms with Crippen LogP contribution in [-0.2, 0) is 0 Å². The number of anilines is 2. The Morgan fingerprint density at radius 3 is 2.90 bits per heavy atom. The molecule has 0 spiro atoms. The average molecular weight is 282 g/mol. The lowest BCUT2D eigenvalue weighted by atomic mass is 9.97. The summed E-state index contributed by atoms with van der Waals surface area (Å²) in [7, 11) is 0. The number of halogens is 1. The molecule has 3 N–H and O–H groups in total. The third-order valence-electron chi connectivity index (χ3n) is 3.86. The summed E-state index contributed by atoms with van der Waals surface area (Å²) in [6, 6.07) is 0. The predicted octanol–water partition coefficient (Wildman–Crippen LogP) is 2.26. The molecule has 0 amide bonds. The molecule has 20 heavy (non-hydrogen) atoms. The maximum absolute atomic E-state index is 13.7. The summed E-state index contributed by atoms with van der Waals surface area (Å²) >= 11 is 0. The molecule has 2 atom stereocenters. The van der Waals surface area contributed by atoms with Gasteiger partial charge in [0.15, 0.2) is 11.6 Å². The molecule has 0 bridgehead atoms. The second-order valence-corrected chi connectivity index (χ2v) is 5.33. The summed E-state index contributed by atoms with van der Waals surface area (Å²) in [5, 5.41) is 15.4. The van der Waals surface area contributed by atoms with Gasteiger partial charge in [-0.25, -0.2) is 9.37 Å². The van der Waals surface area contributed by atoms with Crippen LogP contribution in [0.3, 0.4) is 0 Å². The standard InChI is InChI=1S/C14H23FN4O/c1-2-6-16-14-18-8-12(15)13(19-14)17-7-10-4-3-5-11(10)9-20/h8,10-11,20H,2-7,9H2,1H3,(H2,16,17,18,19). The molecule has 1 aromatic heterocycles. The van der Waals surface area contributed by atoms with Gasteiger partial charge in [-0.2, -0.15) is 4.98 Å². The van der Waals surface area contributed by atoms with Crippen molar-refractivity contribution in [2.24, 2.45) is 11.8 Å². The van der Waals surface area contributed by atoms with Gasteiger partial charge < -0.3 is 15.7 Å². The zero-order chi connectivity index (χ0) is 14.4. The van der Waals surface area contributed by atoms with Crippen LogP contribution in [0.15, 0.2) is 6.20 Å². The van der Waals surface area contributed by atoms with E-state index in [1.807, 2.05) is 6.92 Å². The number of nitrogens with zero attached hydrogens (tertiary/aromatic N) is 2. The van der Waals surface area contributed by atoms with E-state index in [4.69, 9.17) is 0 Å². The molecule has 1 heterocycles. The van der Waals surface area contributed by atoms with Crippen molar-refractivity contribution in [3.63, 3.8) is 0 Å². The Morgan fingerprint density at radius 2 is 2.15 bits per heavy atom. The molecule has 1 fully saturated rings. The van der Waals surface area contributed by atoms with E-state index in [1.54, 1.807) is 0 Å². The van der Waals surface area contributed by atoms with Gasteiger partial charge in [-0.3, -0.25) is 0 Å². The van der Waals surface area contributed by atoms with Crippen LogP contribution in [0.4, 0.5) is 16.2 Å². The van der Waals surface area contributed by atoms with Crippen LogP contribution in [0.2, 0.25) is 0 Å². The smallest absolute Gasteiger partial charge is 0.224 e. The Bertz CT molecular complexity index is 430. The monoisotopic (exact) mass is 282 g/mol. The maximum atomic E-state index is 13.7. The molecule has 2 rings (SSSR count). The fourth-order valence-corrected chi connectivity index (χ4v) is 2.66. The first-order valence-corrected chi connectivity index (χ1v) is 7.35. The summed E-state index contributed by atoms with van der Waals surface area (Å²) in [4.78, 5) is 8.06. The molecular formula is C14H23FN4O. The van der Waals surface area contributed by atoms with Crippen LogP contribution in [0, 0.1) is 17.7 Å². The lowest BCUT2D eigenvalue weighted by Gasteiger charge is -2.18.